The highest BCUT2D eigenvalue weighted by atomic mass is 32.1. The molecule has 1 aromatic carbocycles. The summed E-state index contributed by atoms with van der Waals surface area (Å²) in [6, 6.07) is 6.08. The molecule has 1 unspecified atom stereocenters. The van der Waals surface area contributed by atoms with Crippen LogP contribution >= 0.6 is 11.3 Å². The highest BCUT2D eigenvalue weighted by Gasteiger charge is 2.30. The summed E-state index contributed by atoms with van der Waals surface area (Å²) in [5.41, 5.74) is -0.395. The maximum atomic E-state index is 12.7. The fourth-order valence-corrected chi connectivity index (χ4v) is 4.23. The van der Waals surface area contributed by atoms with Crippen molar-refractivity contribution in [2.45, 2.75) is 19.1 Å². The van der Waals surface area contributed by atoms with Crippen molar-refractivity contribution in [2.24, 2.45) is 0 Å². The zero-order valence-corrected chi connectivity index (χ0v) is 17.0. The summed E-state index contributed by atoms with van der Waals surface area (Å²) >= 11 is 1.57. The molecule has 0 bridgehead atoms. The average Bonchev–Trinajstić information content (AvgIpc) is 3.22. The molecule has 0 aliphatic carbocycles. The zero-order valence-electron chi connectivity index (χ0n) is 16.2. The third-order valence-corrected chi connectivity index (χ3v) is 6.08. The summed E-state index contributed by atoms with van der Waals surface area (Å²) in [5.74, 6) is 0.660. The number of aromatic nitrogens is 2. The zero-order chi connectivity index (χ0) is 21.3. The van der Waals surface area contributed by atoms with Crippen LogP contribution in [0.15, 0.2) is 42.0 Å². The molecule has 1 saturated heterocycles. The predicted molar refractivity (Wildman–Crippen MR) is 111 cm³/mol. The number of alkyl halides is 3. The molecule has 1 amide bonds. The van der Waals surface area contributed by atoms with Gasteiger partial charge >= 0.3 is 6.18 Å². The van der Waals surface area contributed by atoms with E-state index in [2.05, 4.69) is 25.1 Å². The lowest BCUT2D eigenvalue weighted by molar-refractivity contribution is -0.137. The van der Waals surface area contributed by atoms with E-state index in [-0.39, 0.29) is 5.91 Å². The Morgan fingerprint density at radius 3 is 2.47 bits per heavy atom. The Labute approximate surface area is 175 Å². The van der Waals surface area contributed by atoms with Crippen LogP contribution in [0.4, 0.5) is 24.7 Å². The first-order valence-electron chi connectivity index (χ1n) is 9.48. The molecule has 10 heteroatoms. The number of nitrogens with one attached hydrogen (secondary N) is 1. The van der Waals surface area contributed by atoms with Crippen molar-refractivity contribution in [3.8, 4) is 0 Å². The van der Waals surface area contributed by atoms with Crippen molar-refractivity contribution < 1.29 is 18.0 Å². The Kier molecular flexibility index (Phi) is 5.61. The molecule has 1 N–H and O–H groups in total. The van der Waals surface area contributed by atoms with E-state index in [1.807, 2.05) is 11.4 Å². The van der Waals surface area contributed by atoms with Crippen molar-refractivity contribution in [3.05, 3.63) is 47.6 Å². The normalized spacial score (nSPS) is 16.6. The number of fused-ring (bicyclic) bond motifs is 1. The Bertz CT molecular complexity index is 1030. The number of carbonyl (C=O) groups is 1. The number of amides is 1. The van der Waals surface area contributed by atoms with Gasteiger partial charge in [0.15, 0.2) is 0 Å². The van der Waals surface area contributed by atoms with Gasteiger partial charge in [0.25, 0.3) is 0 Å². The maximum absolute atomic E-state index is 12.7. The van der Waals surface area contributed by atoms with Crippen LogP contribution in [0.2, 0.25) is 0 Å². The van der Waals surface area contributed by atoms with Crippen LogP contribution in [0, 0.1) is 0 Å². The second kappa shape index (κ2) is 8.19. The van der Waals surface area contributed by atoms with Crippen LogP contribution in [0.5, 0.6) is 0 Å². The quantitative estimate of drug-likeness (QED) is 0.675. The summed E-state index contributed by atoms with van der Waals surface area (Å²) < 4.78 is 38.0. The highest BCUT2D eigenvalue weighted by Crippen LogP contribution is 2.30. The first kappa shape index (κ1) is 20.5. The molecule has 30 heavy (non-hydrogen) atoms. The van der Waals surface area contributed by atoms with Gasteiger partial charge in [-0.1, -0.05) is 0 Å². The summed E-state index contributed by atoms with van der Waals surface area (Å²) in [4.78, 5) is 26.5. The van der Waals surface area contributed by atoms with Crippen LogP contribution < -0.4 is 10.2 Å². The number of nitrogens with zero attached hydrogens (tertiary/aromatic N) is 4. The molecule has 6 nitrogen and oxygen atoms in total. The van der Waals surface area contributed by atoms with E-state index < -0.39 is 17.8 Å². The van der Waals surface area contributed by atoms with E-state index in [9.17, 15) is 18.0 Å². The van der Waals surface area contributed by atoms with Crippen molar-refractivity contribution in [3.63, 3.8) is 0 Å². The van der Waals surface area contributed by atoms with Gasteiger partial charge < -0.3 is 10.2 Å². The molecule has 3 heterocycles. The molecule has 1 aliphatic heterocycles. The molecule has 4 rings (SSSR count). The smallest absolute Gasteiger partial charge is 0.353 e. The molecule has 1 atom stereocenters. The Hall–Kier alpha value is -2.72. The predicted octanol–water partition coefficient (Wildman–Crippen LogP) is 3.86. The van der Waals surface area contributed by atoms with Crippen molar-refractivity contribution in [1.82, 2.24) is 14.9 Å². The summed E-state index contributed by atoms with van der Waals surface area (Å²) in [6.07, 6.45) is -2.82. The van der Waals surface area contributed by atoms with E-state index in [1.54, 1.807) is 24.6 Å². The number of anilines is 2. The number of carbonyl (C=O) groups excluding carboxylic acids is 1. The highest BCUT2D eigenvalue weighted by molar-refractivity contribution is 7.16. The van der Waals surface area contributed by atoms with E-state index in [1.165, 1.54) is 12.1 Å². The van der Waals surface area contributed by atoms with Crippen LogP contribution in [-0.4, -0.2) is 53.0 Å². The van der Waals surface area contributed by atoms with Gasteiger partial charge in [-0.2, -0.15) is 13.2 Å². The Balaban J connectivity index is 1.35. The lowest BCUT2D eigenvalue weighted by Gasteiger charge is -2.38. The molecule has 1 fully saturated rings. The summed E-state index contributed by atoms with van der Waals surface area (Å²) in [5, 5.41) is 5.72. The standard InChI is InChI=1S/C20H20F3N5OS/c1-13(18(29)26-15-4-2-14(3-5-15)20(21,22)23)27-7-9-28(10-8-27)17-16-6-11-30-19(16)25-12-24-17/h2-6,11-13H,7-10H2,1H3,(H,26,29). The van der Waals surface area contributed by atoms with E-state index in [0.29, 0.717) is 18.8 Å². The summed E-state index contributed by atoms with van der Waals surface area (Å²) in [6.45, 7) is 4.60. The van der Waals surface area contributed by atoms with Crippen molar-refractivity contribution in [2.75, 3.05) is 36.4 Å². The number of rotatable bonds is 4. The van der Waals surface area contributed by atoms with Gasteiger partial charge in [-0.25, -0.2) is 9.97 Å². The van der Waals surface area contributed by atoms with Crippen LogP contribution in [-0.2, 0) is 11.0 Å². The molecule has 2 aromatic heterocycles. The van der Waals surface area contributed by atoms with E-state index >= 15 is 0 Å². The van der Waals surface area contributed by atoms with Gasteiger partial charge in [0.1, 0.15) is 17.0 Å². The van der Waals surface area contributed by atoms with Crippen LogP contribution in [0.25, 0.3) is 10.2 Å². The van der Waals surface area contributed by atoms with Crippen LogP contribution in [0.3, 0.4) is 0 Å². The number of thiophene rings is 1. The minimum absolute atomic E-state index is 0.245. The van der Waals surface area contributed by atoms with Crippen molar-refractivity contribution in [1.29, 1.82) is 0 Å². The molecular formula is C20H20F3N5OS. The van der Waals surface area contributed by atoms with E-state index in [0.717, 1.165) is 41.3 Å². The molecular weight excluding hydrogens is 415 g/mol. The van der Waals surface area contributed by atoms with Crippen molar-refractivity contribution >= 4 is 39.0 Å². The second-order valence-electron chi connectivity index (χ2n) is 7.10. The SMILES string of the molecule is CC(C(=O)Nc1ccc(C(F)(F)F)cc1)N1CCN(c2ncnc3sccc23)CC1. The largest absolute Gasteiger partial charge is 0.416 e. The molecule has 0 radical (unpaired) electrons. The molecule has 0 saturated carbocycles. The third-order valence-electron chi connectivity index (χ3n) is 5.26. The summed E-state index contributed by atoms with van der Waals surface area (Å²) in [7, 11) is 0. The molecule has 158 valence electrons. The van der Waals surface area contributed by atoms with Crippen LogP contribution in [0.1, 0.15) is 12.5 Å². The first-order chi connectivity index (χ1) is 14.3. The fraction of sp³-hybridized carbons (Fsp3) is 0.350. The Morgan fingerprint density at radius 2 is 1.80 bits per heavy atom. The molecule has 1 aliphatic rings. The fourth-order valence-electron chi connectivity index (χ4n) is 3.51. The monoisotopic (exact) mass is 435 g/mol. The molecule has 3 aromatic rings. The van der Waals surface area contributed by atoms with Gasteiger partial charge in [0, 0.05) is 31.9 Å². The number of piperazine rings is 1. The maximum Gasteiger partial charge on any atom is 0.416 e. The number of hydrogen-bond acceptors (Lipinski definition) is 6. The minimum atomic E-state index is -4.40. The van der Waals surface area contributed by atoms with Gasteiger partial charge in [0.05, 0.1) is 17.0 Å². The van der Waals surface area contributed by atoms with Gasteiger partial charge in [-0.05, 0) is 42.6 Å². The van der Waals surface area contributed by atoms with E-state index in [4.69, 9.17) is 0 Å². The minimum Gasteiger partial charge on any atom is -0.353 e. The topological polar surface area (TPSA) is 61.4 Å². The lowest BCUT2D eigenvalue weighted by Crippen LogP contribution is -2.53. The van der Waals surface area contributed by atoms with Gasteiger partial charge in [0.2, 0.25) is 5.91 Å². The van der Waals surface area contributed by atoms with Gasteiger partial charge in [-0.3, -0.25) is 9.69 Å². The number of benzene rings is 1. The second-order valence-corrected chi connectivity index (χ2v) is 7.99. The lowest BCUT2D eigenvalue weighted by atomic mass is 10.1. The number of hydrogen-bond donors (Lipinski definition) is 1. The first-order valence-corrected chi connectivity index (χ1v) is 10.4. The molecule has 0 spiro atoms. The Morgan fingerprint density at radius 1 is 1.10 bits per heavy atom. The number of halogens is 3. The average molecular weight is 435 g/mol. The van der Waals surface area contributed by atoms with Gasteiger partial charge in [-0.15, -0.1) is 11.3 Å². The third kappa shape index (κ3) is 4.24.